The molecule has 1 unspecified atom stereocenters. The highest BCUT2D eigenvalue weighted by molar-refractivity contribution is 5.24. The number of rotatable bonds is 4. The van der Waals surface area contributed by atoms with Crippen LogP contribution in [0, 0.1) is 12.0 Å². The molecular weight excluding hydrogens is 244 g/mol. The van der Waals surface area contributed by atoms with E-state index in [0.29, 0.717) is 5.92 Å². The van der Waals surface area contributed by atoms with Crippen molar-refractivity contribution in [1.29, 1.82) is 0 Å². The van der Waals surface area contributed by atoms with Gasteiger partial charge in [0.1, 0.15) is 11.9 Å². The van der Waals surface area contributed by atoms with E-state index in [1.165, 1.54) is 37.7 Å². The van der Waals surface area contributed by atoms with Crippen LogP contribution in [0.3, 0.4) is 0 Å². The topological polar surface area (TPSA) is 9.23 Å². The van der Waals surface area contributed by atoms with E-state index in [1.807, 2.05) is 42.5 Å². The van der Waals surface area contributed by atoms with Crippen molar-refractivity contribution in [2.75, 3.05) is 0 Å². The Bertz CT molecular complexity index is 500. The van der Waals surface area contributed by atoms with E-state index < -0.39 is 0 Å². The summed E-state index contributed by atoms with van der Waals surface area (Å²) in [6.07, 6.45) is 6.76. The lowest BCUT2D eigenvalue weighted by molar-refractivity contribution is 0.108. The molecule has 1 aliphatic carbocycles. The average Bonchev–Trinajstić information content (AvgIpc) is 2.55. The fourth-order valence-electron chi connectivity index (χ4n) is 3.11. The van der Waals surface area contributed by atoms with Crippen molar-refractivity contribution >= 4 is 0 Å². The molecule has 0 aliphatic heterocycles. The smallest absolute Gasteiger partial charge is 0.127 e. The summed E-state index contributed by atoms with van der Waals surface area (Å²) in [6, 6.07) is 21.5. The van der Waals surface area contributed by atoms with Gasteiger partial charge < -0.3 is 4.74 Å². The van der Waals surface area contributed by atoms with Crippen molar-refractivity contribution in [1.82, 2.24) is 0 Å². The molecule has 0 heterocycles. The van der Waals surface area contributed by atoms with Crippen LogP contribution in [0.2, 0.25) is 0 Å². The van der Waals surface area contributed by atoms with Crippen molar-refractivity contribution in [2.45, 2.75) is 38.2 Å². The van der Waals surface area contributed by atoms with Crippen LogP contribution >= 0.6 is 0 Å². The molecule has 0 saturated heterocycles. The lowest BCUT2D eigenvalue weighted by Crippen LogP contribution is -2.21. The summed E-state index contributed by atoms with van der Waals surface area (Å²) in [5.41, 5.74) is 1.28. The van der Waals surface area contributed by atoms with Crippen LogP contribution in [0.25, 0.3) is 0 Å². The Morgan fingerprint density at radius 2 is 1.60 bits per heavy atom. The van der Waals surface area contributed by atoms with Gasteiger partial charge in [0.25, 0.3) is 0 Å². The van der Waals surface area contributed by atoms with Gasteiger partial charge in [-0.25, -0.2) is 0 Å². The Kier molecular flexibility index (Phi) is 4.37. The fraction of sp³-hybridized carbons (Fsp3) is 0.368. The van der Waals surface area contributed by atoms with Crippen LogP contribution in [0.4, 0.5) is 0 Å². The predicted molar refractivity (Wildman–Crippen MR) is 81.7 cm³/mol. The molecule has 1 heteroatoms. The largest absolute Gasteiger partial charge is 0.485 e. The molecule has 3 rings (SSSR count). The minimum absolute atomic E-state index is 0.173. The van der Waals surface area contributed by atoms with E-state index >= 15 is 0 Å². The van der Waals surface area contributed by atoms with Gasteiger partial charge in [0.05, 0.1) is 0 Å². The van der Waals surface area contributed by atoms with Crippen molar-refractivity contribution < 1.29 is 4.74 Å². The SMILES string of the molecule is [c]1ccc(C(Oc2ccccc2)C2CCCCC2)cc1. The number of hydrogen-bond acceptors (Lipinski definition) is 1. The summed E-state index contributed by atoms with van der Waals surface area (Å²) < 4.78 is 6.33. The minimum Gasteiger partial charge on any atom is -0.485 e. The third kappa shape index (κ3) is 3.22. The van der Waals surface area contributed by atoms with E-state index in [-0.39, 0.29) is 6.10 Å². The Labute approximate surface area is 121 Å². The third-order valence-corrected chi connectivity index (χ3v) is 4.16. The van der Waals surface area contributed by atoms with Gasteiger partial charge in [-0.3, -0.25) is 0 Å². The summed E-state index contributed by atoms with van der Waals surface area (Å²) >= 11 is 0. The number of para-hydroxylation sites is 1. The van der Waals surface area contributed by atoms with E-state index in [9.17, 15) is 0 Å². The van der Waals surface area contributed by atoms with Crippen LogP contribution in [-0.4, -0.2) is 0 Å². The molecule has 0 bridgehead atoms. The van der Waals surface area contributed by atoms with Gasteiger partial charge in [-0.1, -0.05) is 61.7 Å². The van der Waals surface area contributed by atoms with Gasteiger partial charge in [-0.15, -0.1) is 0 Å². The summed E-state index contributed by atoms with van der Waals surface area (Å²) in [7, 11) is 0. The second kappa shape index (κ2) is 6.60. The van der Waals surface area contributed by atoms with Gasteiger partial charge in [0.2, 0.25) is 0 Å². The van der Waals surface area contributed by atoms with Crippen LogP contribution in [0.5, 0.6) is 5.75 Å². The van der Waals surface area contributed by atoms with Crippen LogP contribution in [-0.2, 0) is 0 Å². The van der Waals surface area contributed by atoms with Gasteiger partial charge in [-0.05, 0) is 36.6 Å². The maximum atomic E-state index is 6.33. The predicted octanol–water partition coefficient (Wildman–Crippen LogP) is 5.19. The van der Waals surface area contributed by atoms with Crippen molar-refractivity contribution in [3.63, 3.8) is 0 Å². The Hall–Kier alpha value is -1.76. The van der Waals surface area contributed by atoms with Gasteiger partial charge in [0, 0.05) is 5.92 Å². The maximum Gasteiger partial charge on any atom is 0.127 e. The first kappa shape index (κ1) is 13.2. The summed E-state index contributed by atoms with van der Waals surface area (Å²) in [5, 5.41) is 0. The lowest BCUT2D eigenvalue weighted by atomic mass is 9.82. The molecule has 0 amide bonds. The zero-order valence-electron chi connectivity index (χ0n) is 11.8. The number of benzene rings is 2. The molecule has 1 nitrogen and oxygen atoms in total. The zero-order valence-corrected chi connectivity index (χ0v) is 11.8. The molecule has 0 N–H and O–H groups in total. The first-order chi connectivity index (χ1) is 9.93. The molecule has 2 aromatic rings. The Morgan fingerprint density at radius 3 is 2.30 bits per heavy atom. The molecule has 1 fully saturated rings. The minimum atomic E-state index is 0.173. The normalized spacial score (nSPS) is 17.6. The highest BCUT2D eigenvalue weighted by atomic mass is 16.5. The van der Waals surface area contributed by atoms with Crippen molar-refractivity contribution in [3.05, 3.63) is 66.2 Å². The molecule has 1 atom stereocenters. The van der Waals surface area contributed by atoms with Crippen LogP contribution in [0.15, 0.2) is 54.6 Å². The molecule has 0 aromatic heterocycles. The molecule has 20 heavy (non-hydrogen) atoms. The molecule has 1 saturated carbocycles. The average molecular weight is 265 g/mol. The molecule has 0 spiro atoms. The summed E-state index contributed by atoms with van der Waals surface area (Å²) in [5.74, 6) is 1.60. The summed E-state index contributed by atoms with van der Waals surface area (Å²) in [4.78, 5) is 0. The van der Waals surface area contributed by atoms with Gasteiger partial charge in [0.15, 0.2) is 0 Å². The highest BCUT2D eigenvalue weighted by Crippen LogP contribution is 2.37. The first-order valence-electron chi connectivity index (χ1n) is 7.61. The Balaban J connectivity index is 1.83. The van der Waals surface area contributed by atoms with E-state index in [1.54, 1.807) is 0 Å². The van der Waals surface area contributed by atoms with Crippen molar-refractivity contribution in [2.24, 2.45) is 5.92 Å². The number of ether oxygens (including phenoxy) is 1. The lowest BCUT2D eigenvalue weighted by Gasteiger charge is -2.31. The maximum absolute atomic E-state index is 6.33. The molecule has 2 aromatic carbocycles. The second-order valence-electron chi connectivity index (χ2n) is 5.58. The molecule has 1 aliphatic rings. The van der Waals surface area contributed by atoms with Gasteiger partial charge in [-0.2, -0.15) is 0 Å². The fourth-order valence-corrected chi connectivity index (χ4v) is 3.11. The first-order valence-corrected chi connectivity index (χ1v) is 7.61. The molecular formula is C19H21O. The summed E-state index contributed by atoms with van der Waals surface area (Å²) in [6.45, 7) is 0. The van der Waals surface area contributed by atoms with E-state index in [2.05, 4.69) is 18.2 Å². The molecule has 1 radical (unpaired) electrons. The van der Waals surface area contributed by atoms with Crippen molar-refractivity contribution in [3.8, 4) is 5.75 Å². The Morgan fingerprint density at radius 1 is 0.900 bits per heavy atom. The van der Waals surface area contributed by atoms with Crippen LogP contribution < -0.4 is 4.74 Å². The standard InChI is InChI=1S/C19H21O/c1-4-10-16(11-5-1)19(17-12-6-2-7-13-17)20-18-14-8-3-9-15-18/h3,6-9,12-16,19H,1,4-5,10-11H2. The zero-order chi connectivity index (χ0) is 13.6. The third-order valence-electron chi connectivity index (χ3n) is 4.16. The van der Waals surface area contributed by atoms with Crippen LogP contribution in [0.1, 0.15) is 43.8 Å². The molecule has 103 valence electrons. The van der Waals surface area contributed by atoms with E-state index in [4.69, 9.17) is 4.74 Å². The van der Waals surface area contributed by atoms with E-state index in [0.717, 1.165) is 5.75 Å². The number of hydrogen-bond donors (Lipinski definition) is 0. The van der Waals surface area contributed by atoms with Gasteiger partial charge >= 0.3 is 0 Å². The monoisotopic (exact) mass is 265 g/mol. The second-order valence-corrected chi connectivity index (χ2v) is 5.58. The highest BCUT2D eigenvalue weighted by Gasteiger charge is 2.26. The quantitative estimate of drug-likeness (QED) is 0.739.